The Bertz CT molecular complexity index is 906. The van der Waals surface area contributed by atoms with Gasteiger partial charge < -0.3 is 5.32 Å². The fourth-order valence-electron chi connectivity index (χ4n) is 3.22. The third kappa shape index (κ3) is 2.57. The van der Waals surface area contributed by atoms with Gasteiger partial charge in [-0.05, 0) is 37.1 Å². The largest absolute Gasteiger partial charge is 0.357 e. The number of hydrogen-bond donors (Lipinski definition) is 1. The Morgan fingerprint density at radius 3 is 2.54 bits per heavy atom. The summed E-state index contributed by atoms with van der Waals surface area (Å²) < 4.78 is 27.9. The number of nitrogens with zero attached hydrogens (tertiary/aromatic N) is 1. The first kappa shape index (κ1) is 16.5. The lowest BCUT2D eigenvalue weighted by Crippen LogP contribution is -2.47. The van der Waals surface area contributed by atoms with E-state index in [1.807, 2.05) is 25.1 Å². The first-order chi connectivity index (χ1) is 11.4. The lowest BCUT2D eigenvalue weighted by Gasteiger charge is -2.26. The quantitative estimate of drug-likeness (QED) is 0.928. The number of hydrogen-bond acceptors (Lipinski definition) is 3. The van der Waals surface area contributed by atoms with Crippen LogP contribution in [0.4, 0.5) is 5.69 Å². The second kappa shape index (κ2) is 5.94. The molecule has 0 fully saturated rings. The minimum Gasteiger partial charge on any atom is -0.357 e. The van der Waals surface area contributed by atoms with Gasteiger partial charge in [-0.25, -0.2) is 8.42 Å². The highest BCUT2D eigenvalue weighted by Crippen LogP contribution is 2.37. The number of aryl methyl sites for hydroxylation is 2. The van der Waals surface area contributed by atoms with Gasteiger partial charge in [-0.1, -0.05) is 35.9 Å². The van der Waals surface area contributed by atoms with Gasteiger partial charge in [-0.3, -0.25) is 9.10 Å². The number of benzene rings is 2. The molecule has 0 saturated heterocycles. The van der Waals surface area contributed by atoms with E-state index in [1.165, 1.54) is 11.4 Å². The lowest BCUT2D eigenvalue weighted by atomic mass is 10.1. The van der Waals surface area contributed by atoms with Gasteiger partial charge >= 0.3 is 0 Å². The number of sulfonamides is 1. The molecule has 5 nitrogen and oxygen atoms in total. The molecule has 0 saturated carbocycles. The molecule has 1 atom stereocenters. The fraction of sp³-hybridized carbons (Fsp3) is 0.278. The molecule has 0 aliphatic carbocycles. The van der Waals surface area contributed by atoms with Crippen molar-refractivity contribution in [1.82, 2.24) is 5.32 Å². The van der Waals surface area contributed by atoms with Crippen molar-refractivity contribution in [3.63, 3.8) is 0 Å². The molecule has 0 aromatic heterocycles. The third-order valence-corrected chi connectivity index (χ3v) is 6.32. The summed E-state index contributed by atoms with van der Waals surface area (Å²) in [7, 11) is -2.31. The highest BCUT2D eigenvalue weighted by molar-refractivity contribution is 7.93. The van der Waals surface area contributed by atoms with Gasteiger partial charge in [0.1, 0.15) is 6.04 Å². The van der Waals surface area contributed by atoms with E-state index < -0.39 is 16.1 Å². The molecule has 1 N–H and O–H groups in total. The predicted octanol–water partition coefficient (Wildman–Crippen LogP) is 2.17. The van der Waals surface area contributed by atoms with Crippen LogP contribution in [0.5, 0.6) is 0 Å². The van der Waals surface area contributed by atoms with Crippen LogP contribution in [0, 0.1) is 13.8 Å². The van der Waals surface area contributed by atoms with Crippen molar-refractivity contribution in [2.75, 3.05) is 11.4 Å². The van der Waals surface area contributed by atoms with Crippen molar-refractivity contribution < 1.29 is 13.2 Å². The summed E-state index contributed by atoms with van der Waals surface area (Å²) in [4.78, 5) is 12.5. The van der Waals surface area contributed by atoms with Gasteiger partial charge in [0, 0.05) is 13.5 Å². The Kier molecular flexibility index (Phi) is 4.09. The van der Waals surface area contributed by atoms with Crippen molar-refractivity contribution in [2.24, 2.45) is 0 Å². The Morgan fingerprint density at radius 2 is 1.88 bits per heavy atom. The van der Waals surface area contributed by atoms with Crippen LogP contribution in [0.25, 0.3) is 0 Å². The Morgan fingerprint density at radius 1 is 1.17 bits per heavy atom. The molecule has 2 aromatic rings. The van der Waals surface area contributed by atoms with Gasteiger partial charge in [0.15, 0.2) is 0 Å². The number of likely N-dealkylation sites (N-methyl/N-ethyl adjacent to an activating group) is 1. The molecule has 3 rings (SSSR count). The predicted molar refractivity (Wildman–Crippen MR) is 93.6 cm³/mol. The van der Waals surface area contributed by atoms with Crippen LogP contribution in [-0.4, -0.2) is 27.4 Å². The van der Waals surface area contributed by atoms with Crippen LogP contribution in [0.15, 0.2) is 47.4 Å². The zero-order valence-electron chi connectivity index (χ0n) is 13.9. The molecule has 1 amide bonds. The maximum absolute atomic E-state index is 13.3. The maximum atomic E-state index is 13.3. The fourth-order valence-corrected chi connectivity index (χ4v) is 5.08. The number of rotatable bonds is 3. The van der Waals surface area contributed by atoms with Gasteiger partial charge in [0.2, 0.25) is 5.91 Å². The monoisotopic (exact) mass is 344 g/mol. The molecular weight excluding hydrogens is 324 g/mol. The van der Waals surface area contributed by atoms with Gasteiger partial charge in [-0.15, -0.1) is 0 Å². The normalized spacial score (nSPS) is 16.8. The molecule has 24 heavy (non-hydrogen) atoms. The number of anilines is 1. The molecule has 1 heterocycles. The molecule has 1 unspecified atom stereocenters. The second-order valence-corrected chi connectivity index (χ2v) is 7.82. The van der Waals surface area contributed by atoms with Crippen molar-refractivity contribution in [3.05, 3.63) is 59.2 Å². The van der Waals surface area contributed by atoms with E-state index in [1.54, 1.807) is 31.2 Å². The SMILES string of the molecule is CNC(=O)C1Cc2ccccc2N1S(=O)(=O)c1ccc(C)cc1C. The summed E-state index contributed by atoms with van der Waals surface area (Å²) in [6, 6.07) is 11.7. The molecule has 0 radical (unpaired) electrons. The Labute approximate surface area is 142 Å². The average Bonchev–Trinajstić information content (AvgIpc) is 2.93. The highest BCUT2D eigenvalue weighted by atomic mass is 32.2. The summed E-state index contributed by atoms with van der Waals surface area (Å²) >= 11 is 0. The summed E-state index contributed by atoms with van der Waals surface area (Å²) in [5, 5.41) is 2.57. The maximum Gasteiger partial charge on any atom is 0.265 e. The Hall–Kier alpha value is -2.34. The number of nitrogens with one attached hydrogen (secondary N) is 1. The summed E-state index contributed by atoms with van der Waals surface area (Å²) in [5.41, 5.74) is 3.11. The van der Waals surface area contributed by atoms with Gasteiger partial charge in [0.05, 0.1) is 10.6 Å². The van der Waals surface area contributed by atoms with Gasteiger partial charge in [0.25, 0.3) is 10.0 Å². The van der Waals surface area contributed by atoms with E-state index >= 15 is 0 Å². The molecule has 1 aliphatic rings. The van der Waals surface area contributed by atoms with Crippen LogP contribution in [-0.2, 0) is 21.2 Å². The van der Waals surface area contributed by atoms with E-state index in [9.17, 15) is 13.2 Å². The first-order valence-corrected chi connectivity index (χ1v) is 9.21. The van der Waals surface area contributed by atoms with Crippen LogP contribution in [0.3, 0.4) is 0 Å². The van der Waals surface area contributed by atoms with Crippen molar-refractivity contribution >= 4 is 21.6 Å². The van der Waals surface area contributed by atoms with E-state index in [0.717, 1.165) is 11.1 Å². The molecule has 0 spiro atoms. The van der Waals surface area contributed by atoms with Crippen LogP contribution in [0.1, 0.15) is 16.7 Å². The first-order valence-electron chi connectivity index (χ1n) is 7.77. The summed E-state index contributed by atoms with van der Waals surface area (Å²) in [6.45, 7) is 3.69. The van der Waals surface area contributed by atoms with E-state index in [4.69, 9.17) is 0 Å². The molecule has 2 aromatic carbocycles. The number of fused-ring (bicyclic) bond motifs is 1. The lowest BCUT2D eigenvalue weighted by molar-refractivity contribution is -0.121. The molecule has 0 bridgehead atoms. The third-order valence-electron chi connectivity index (χ3n) is 4.34. The van der Waals surface area contributed by atoms with E-state index in [-0.39, 0.29) is 10.8 Å². The molecule has 1 aliphatic heterocycles. The van der Waals surface area contributed by atoms with Crippen LogP contribution >= 0.6 is 0 Å². The highest BCUT2D eigenvalue weighted by Gasteiger charge is 2.42. The second-order valence-electron chi connectivity index (χ2n) is 6.03. The average molecular weight is 344 g/mol. The summed E-state index contributed by atoms with van der Waals surface area (Å²) in [5.74, 6) is -0.306. The minimum atomic E-state index is -3.83. The zero-order chi connectivity index (χ0) is 17.5. The molecule has 6 heteroatoms. The number of para-hydroxylation sites is 1. The standard InChI is InChI=1S/C18H20N2O3S/c1-12-8-9-17(13(2)10-12)24(22,23)20-15-7-5-4-6-14(15)11-16(20)18(21)19-3/h4-10,16H,11H2,1-3H3,(H,19,21). The topological polar surface area (TPSA) is 66.5 Å². The Balaban J connectivity index is 2.17. The van der Waals surface area contributed by atoms with Crippen molar-refractivity contribution in [1.29, 1.82) is 0 Å². The van der Waals surface area contributed by atoms with Crippen LogP contribution in [0.2, 0.25) is 0 Å². The molecule has 126 valence electrons. The number of amides is 1. The minimum absolute atomic E-state index is 0.235. The number of carbonyl (C=O) groups is 1. The van der Waals surface area contributed by atoms with Crippen LogP contribution < -0.4 is 9.62 Å². The number of carbonyl (C=O) groups excluding carboxylic acids is 1. The van der Waals surface area contributed by atoms with E-state index in [2.05, 4.69) is 5.32 Å². The van der Waals surface area contributed by atoms with Crippen molar-refractivity contribution in [2.45, 2.75) is 31.2 Å². The van der Waals surface area contributed by atoms with Gasteiger partial charge in [-0.2, -0.15) is 0 Å². The summed E-state index contributed by atoms with van der Waals surface area (Å²) in [6.07, 6.45) is 0.375. The molecular formula is C18H20N2O3S. The zero-order valence-corrected chi connectivity index (χ0v) is 14.7. The van der Waals surface area contributed by atoms with Crippen molar-refractivity contribution in [3.8, 4) is 0 Å². The smallest absolute Gasteiger partial charge is 0.265 e. The van der Waals surface area contributed by atoms with E-state index in [0.29, 0.717) is 17.7 Å².